The van der Waals surface area contributed by atoms with Gasteiger partial charge in [0.1, 0.15) is 5.75 Å². The average Bonchev–Trinajstić information content (AvgIpc) is 3.45. The minimum atomic E-state index is -0.815. The van der Waals surface area contributed by atoms with Gasteiger partial charge in [-0.15, -0.1) is 0 Å². The lowest BCUT2D eigenvalue weighted by Gasteiger charge is -2.26. The van der Waals surface area contributed by atoms with Crippen LogP contribution in [0.1, 0.15) is 73.4 Å². The number of hydrogen-bond acceptors (Lipinski definition) is 5. The molecule has 4 rings (SSSR count). The lowest BCUT2D eigenvalue weighted by Crippen LogP contribution is -2.49. The maximum Gasteiger partial charge on any atom is 0.251 e. The van der Waals surface area contributed by atoms with Crippen LogP contribution in [0.5, 0.6) is 5.75 Å². The zero-order valence-electron chi connectivity index (χ0n) is 24.9. The Morgan fingerprint density at radius 2 is 1.74 bits per heavy atom. The van der Waals surface area contributed by atoms with Crippen LogP contribution in [0.3, 0.4) is 0 Å². The van der Waals surface area contributed by atoms with E-state index in [1.165, 1.54) is 5.56 Å². The third-order valence-corrected chi connectivity index (χ3v) is 7.81. The molecule has 1 heterocycles. The van der Waals surface area contributed by atoms with Gasteiger partial charge in [-0.05, 0) is 48.4 Å². The van der Waals surface area contributed by atoms with Crippen molar-refractivity contribution in [2.24, 2.45) is 0 Å². The second-order valence-corrected chi connectivity index (χ2v) is 11.2. The van der Waals surface area contributed by atoms with Crippen molar-refractivity contribution in [3.63, 3.8) is 0 Å². The van der Waals surface area contributed by atoms with Crippen LogP contribution >= 0.6 is 0 Å². The summed E-state index contributed by atoms with van der Waals surface area (Å²) < 4.78 is 6.02. The number of benzene rings is 3. The number of carbonyl (C=O) groups is 2. The fourth-order valence-electron chi connectivity index (χ4n) is 5.31. The van der Waals surface area contributed by atoms with Crippen molar-refractivity contribution < 1.29 is 19.4 Å². The lowest BCUT2D eigenvalue weighted by atomic mass is 9.99. The van der Waals surface area contributed by atoms with Crippen LogP contribution in [0.2, 0.25) is 0 Å². The van der Waals surface area contributed by atoms with Gasteiger partial charge in [-0.1, -0.05) is 87.4 Å². The zero-order chi connectivity index (χ0) is 29.7. The Labute approximate surface area is 250 Å². The number of aliphatic hydroxyl groups excluding tert-OH is 1. The predicted octanol–water partition coefficient (Wildman–Crippen LogP) is 5.48. The highest BCUT2D eigenvalue weighted by molar-refractivity contribution is 5.99. The zero-order valence-corrected chi connectivity index (χ0v) is 24.9. The normalized spacial score (nSPS) is 15.3. The molecule has 0 saturated carbocycles. The number of nitrogens with one attached hydrogen (secondary N) is 2. The molecule has 3 unspecified atom stereocenters. The maximum absolute atomic E-state index is 13.7. The Bertz CT molecular complexity index is 1270. The molecule has 3 atom stereocenters. The van der Waals surface area contributed by atoms with Gasteiger partial charge in [0.25, 0.3) is 5.91 Å². The molecule has 3 aromatic rings. The van der Waals surface area contributed by atoms with Crippen LogP contribution in [-0.2, 0) is 11.2 Å². The first-order valence-electron chi connectivity index (χ1n) is 15.3. The van der Waals surface area contributed by atoms with E-state index in [4.69, 9.17) is 4.74 Å². The van der Waals surface area contributed by atoms with Gasteiger partial charge >= 0.3 is 0 Å². The monoisotopic (exact) mass is 571 g/mol. The average molecular weight is 572 g/mol. The van der Waals surface area contributed by atoms with Crippen LogP contribution in [0.25, 0.3) is 0 Å². The van der Waals surface area contributed by atoms with Crippen molar-refractivity contribution in [3.05, 3.63) is 95.6 Å². The Hall–Kier alpha value is -3.68. The number of aliphatic hydroxyl groups is 1. The number of nitrogens with zero attached hydrogens (tertiary/aromatic N) is 1. The van der Waals surface area contributed by atoms with Crippen molar-refractivity contribution >= 4 is 17.5 Å². The molecule has 3 aromatic carbocycles. The number of ether oxygens (including phenoxy) is 1. The summed E-state index contributed by atoms with van der Waals surface area (Å²) in [6.07, 6.45) is 4.04. The fraction of sp³-hybridized carbons (Fsp3) is 0.429. The number of hydrogen-bond donors (Lipinski definition) is 3. The van der Waals surface area contributed by atoms with E-state index in [0.717, 1.165) is 31.2 Å². The van der Waals surface area contributed by atoms with Crippen LogP contribution in [0, 0.1) is 0 Å². The van der Waals surface area contributed by atoms with Gasteiger partial charge in [0.2, 0.25) is 5.91 Å². The molecular weight excluding hydrogens is 526 g/mol. The van der Waals surface area contributed by atoms with Gasteiger partial charge in [-0.2, -0.15) is 0 Å². The number of anilines is 1. The largest absolute Gasteiger partial charge is 0.493 e. The minimum absolute atomic E-state index is 0.0534. The molecule has 1 saturated heterocycles. The van der Waals surface area contributed by atoms with Gasteiger partial charge in [0.05, 0.1) is 18.8 Å². The summed E-state index contributed by atoms with van der Waals surface area (Å²) in [6, 6.07) is 24.9. The topological polar surface area (TPSA) is 90.9 Å². The van der Waals surface area contributed by atoms with E-state index in [9.17, 15) is 14.7 Å². The maximum atomic E-state index is 13.7. The van der Waals surface area contributed by atoms with E-state index >= 15 is 0 Å². The second-order valence-electron chi connectivity index (χ2n) is 11.2. The molecule has 1 aliphatic rings. The number of rotatable bonds is 16. The summed E-state index contributed by atoms with van der Waals surface area (Å²) in [5.41, 5.74) is 3.34. The molecule has 0 aliphatic carbocycles. The molecule has 1 aliphatic heterocycles. The first-order valence-corrected chi connectivity index (χ1v) is 15.3. The Morgan fingerprint density at radius 1 is 1.00 bits per heavy atom. The second kappa shape index (κ2) is 16.1. The van der Waals surface area contributed by atoms with Crippen LogP contribution in [-0.4, -0.2) is 55.3 Å². The fourth-order valence-corrected chi connectivity index (χ4v) is 5.31. The van der Waals surface area contributed by atoms with Gasteiger partial charge in [-0.3, -0.25) is 9.59 Å². The van der Waals surface area contributed by atoms with Crippen molar-refractivity contribution in [2.45, 2.75) is 70.4 Å². The van der Waals surface area contributed by atoms with Crippen LogP contribution in [0.15, 0.2) is 78.9 Å². The van der Waals surface area contributed by atoms with E-state index in [0.29, 0.717) is 56.1 Å². The first kappa shape index (κ1) is 31.3. The molecule has 0 spiro atoms. The molecule has 0 bridgehead atoms. The van der Waals surface area contributed by atoms with Crippen LogP contribution < -0.4 is 20.3 Å². The summed E-state index contributed by atoms with van der Waals surface area (Å²) in [5.74, 6) is 0.606. The molecule has 3 N–H and O–H groups in total. The van der Waals surface area contributed by atoms with Gasteiger partial charge < -0.3 is 25.4 Å². The highest BCUT2D eigenvalue weighted by Crippen LogP contribution is 2.28. The first-order chi connectivity index (χ1) is 20.4. The molecule has 7 heteroatoms. The smallest absolute Gasteiger partial charge is 0.251 e. The van der Waals surface area contributed by atoms with E-state index in [1.807, 2.05) is 54.6 Å². The summed E-state index contributed by atoms with van der Waals surface area (Å²) in [7, 11) is 0. The van der Waals surface area contributed by atoms with E-state index < -0.39 is 12.1 Å². The van der Waals surface area contributed by atoms with Crippen molar-refractivity contribution in [2.75, 3.05) is 31.1 Å². The van der Waals surface area contributed by atoms with Crippen LogP contribution in [0.4, 0.5) is 5.69 Å². The van der Waals surface area contributed by atoms with Crippen molar-refractivity contribution in [1.82, 2.24) is 10.6 Å². The highest BCUT2D eigenvalue weighted by atomic mass is 16.5. The minimum Gasteiger partial charge on any atom is -0.493 e. The third kappa shape index (κ3) is 9.16. The molecular formula is C35H45N3O4. The molecule has 1 fully saturated rings. The molecule has 7 nitrogen and oxygen atoms in total. The summed E-state index contributed by atoms with van der Waals surface area (Å²) in [5, 5.41) is 17.8. The number of amides is 2. The SMILES string of the molecule is CCCCCOc1cc(C(=O)NC(Cc2ccccc2)C(O)CNCC(C)c2ccccc2)cc(N2CCCC2=O)c1. The quantitative estimate of drug-likeness (QED) is 0.198. The Morgan fingerprint density at radius 3 is 2.43 bits per heavy atom. The van der Waals surface area contributed by atoms with E-state index in [1.54, 1.807) is 17.0 Å². The molecule has 42 heavy (non-hydrogen) atoms. The molecule has 224 valence electrons. The molecule has 0 radical (unpaired) electrons. The van der Waals surface area contributed by atoms with Crippen molar-refractivity contribution in [3.8, 4) is 5.75 Å². The number of carbonyl (C=O) groups excluding carboxylic acids is 2. The molecule has 2 amide bonds. The summed E-state index contributed by atoms with van der Waals surface area (Å²) >= 11 is 0. The van der Waals surface area contributed by atoms with Gasteiger partial charge in [0.15, 0.2) is 0 Å². The number of unbranched alkanes of at least 4 members (excludes halogenated alkanes) is 2. The van der Waals surface area contributed by atoms with E-state index in [2.05, 4.69) is 36.6 Å². The molecule has 0 aromatic heterocycles. The van der Waals surface area contributed by atoms with Crippen molar-refractivity contribution in [1.29, 1.82) is 0 Å². The van der Waals surface area contributed by atoms with Gasteiger partial charge in [-0.25, -0.2) is 0 Å². The Balaban J connectivity index is 1.48. The Kier molecular flexibility index (Phi) is 12.0. The van der Waals surface area contributed by atoms with Gasteiger partial charge in [0, 0.05) is 43.4 Å². The third-order valence-electron chi connectivity index (χ3n) is 7.81. The predicted molar refractivity (Wildman–Crippen MR) is 168 cm³/mol. The van der Waals surface area contributed by atoms with E-state index in [-0.39, 0.29) is 17.7 Å². The lowest BCUT2D eigenvalue weighted by molar-refractivity contribution is -0.117. The summed E-state index contributed by atoms with van der Waals surface area (Å²) in [4.78, 5) is 27.9. The standard InChI is InChI=1S/C35H45N3O4/c1-3-4-11-19-42-31-22-29(21-30(23-31)38-18-12-17-34(38)40)35(41)37-32(20-27-13-7-5-8-14-27)33(39)25-36-24-26(2)28-15-9-6-10-16-28/h5-10,13-16,21-23,26,32-33,36,39H,3-4,11-12,17-20,24-25H2,1-2H3,(H,37,41). The highest BCUT2D eigenvalue weighted by Gasteiger charge is 2.26. The summed E-state index contributed by atoms with van der Waals surface area (Å²) in [6.45, 7) is 6.51.